The molecular formula is C9H21NO. The Morgan fingerprint density at radius 2 is 1.82 bits per heavy atom. The molecule has 0 aromatic rings. The van der Waals surface area contributed by atoms with E-state index in [-0.39, 0.29) is 0 Å². The molecule has 0 atom stereocenters. The second-order valence-corrected chi connectivity index (χ2v) is 3.58. The van der Waals surface area contributed by atoms with Gasteiger partial charge in [0.25, 0.3) is 0 Å². The summed E-state index contributed by atoms with van der Waals surface area (Å²) < 4.78 is 5.38. The fourth-order valence-electron chi connectivity index (χ4n) is 0.739. The minimum Gasteiger partial charge on any atom is -0.380 e. The maximum atomic E-state index is 5.38. The molecule has 0 spiro atoms. The lowest BCUT2D eigenvalue weighted by Crippen LogP contribution is -2.27. The zero-order valence-electron chi connectivity index (χ0n) is 8.18. The van der Waals surface area contributed by atoms with Gasteiger partial charge >= 0.3 is 0 Å². The van der Waals surface area contributed by atoms with Crippen LogP contribution in [0.2, 0.25) is 0 Å². The summed E-state index contributed by atoms with van der Waals surface area (Å²) in [6.45, 7) is 11.3. The van der Waals surface area contributed by atoms with Gasteiger partial charge in [-0.25, -0.2) is 0 Å². The fourth-order valence-corrected chi connectivity index (χ4v) is 0.739. The van der Waals surface area contributed by atoms with E-state index in [4.69, 9.17) is 4.74 Å². The lowest BCUT2D eigenvalue weighted by Gasteiger charge is -2.09. The van der Waals surface area contributed by atoms with Crippen LogP contribution in [0.4, 0.5) is 0 Å². The third-order valence-electron chi connectivity index (χ3n) is 1.25. The van der Waals surface area contributed by atoms with Gasteiger partial charge in [0.15, 0.2) is 0 Å². The molecular weight excluding hydrogens is 138 g/mol. The van der Waals surface area contributed by atoms with E-state index in [0.717, 1.165) is 19.8 Å². The van der Waals surface area contributed by atoms with Crippen LogP contribution in [0.5, 0.6) is 0 Å². The van der Waals surface area contributed by atoms with Crippen LogP contribution in [0.1, 0.15) is 27.7 Å². The van der Waals surface area contributed by atoms with E-state index in [0.29, 0.717) is 12.0 Å². The largest absolute Gasteiger partial charge is 0.380 e. The maximum absolute atomic E-state index is 5.38. The summed E-state index contributed by atoms with van der Waals surface area (Å²) in [6.07, 6.45) is 0. The molecule has 0 aliphatic heterocycles. The topological polar surface area (TPSA) is 21.3 Å². The SMILES string of the molecule is CC(C)COCCNC(C)C. The van der Waals surface area contributed by atoms with Crippen molar-refractivity contribution in [1.29, 1.82) is 0 Å². The van der Waals surface area contributed by atoms with Crippen LogP contribution >= 0.6 is 0 Å². The van der Waals surface area contributed by atoms with Crippen LogP contribution in [-0.2, 0) is 4.74 Å². The van der Waals surface area contributed by atoms with Gasteiger partial charge in [0.05, 0.1) is 6.61 Å². The molecule has 0 aromatic heterocycles. The summed E-state index contributed by atoms with van der Waals surface area (Å²) in [5.41, 5.74) is 0. The zero-order chi connectivity index (χ0) is 8.69. The van der Waals surface area contributed by atoms with Crippen molar-refractivity contribution >= 4 is 0 Å². The molecule has 68 valence electrons. The van der Waals surface area contributed by atoms with Crippen LogP contribution in [0, 0.1) is 5.92 Å². The summed E-state index contributed by atoms with van der Waals surface area (Å²) in [7, 11) is 0. The van der Waals surface area contributed by atoms with Gasteiger partial charge in [-0.15, -0.1) is 0 Å². The first-order chi connectivity index (χ1) is 5.13. The van der Waals surface area contributed by atoms with Crippen molar-refractivity contribution in [2.24, 2.45) is 5.92 Å². The molecule has 0 aliphatic rings. The summed E-state index contributed by atoms with van der Waals surface area (Å²) in [6, 6.07) is 0.567. The third kappa shape index (κ3) is 9.92. The normalized spacial score (nSPS) is 11.5. The molecule has 0 saturated heterocycles. The second kappa shape index (κ2) is 6.62. The predicted molar refractivity (Wildman–Crippen MR) is 48.8 cm³/mol. The molecule has 0 saturated carbocycles. The molecule has 0 unspecified atom stereocenters. The fraction of sp³-hybridized carbons (Fsp3) is 1.00. The van der Waals surface area contributed by atoms with Crippen LogP contribution in [0.15, 0.2) is 0 Å². The van der Waals surface area contributed by atoms with Crippen molar-refractivity contribution in [3.8, 4) is 0 Å². The Kier molecular flexibility index (Phi) is 6.57. The average Bonchev–Trinajstić information content (AvgIpc) is 1.85. The Morgan fingerprint density at radius 1 is 1.18 bits per heavy atom. The Labute approximate surface area is 70.3 Å². The Morgan fingerprint density at radius 3 is 2.27 bits per heavy atom. The lowest BCUT2D eigenvalue weighted by atomic mass is 10.2. The van der Waals surface area contributed by atoms with E-state index in [9.17, 15) is 0 Å². The molecule has 1 N–H and O–H groups in total. The van der Waals surface area contributed by atoms with E-state index in [1.165, 1.54) is 0 Å². The first-order valence-electron chi connectivity index (χ1n) is 4.44. The van der Waals surface area contributed by atoms with Crippen molar-refractivity contribution in [1.82, 2.24) is 5.32 Å². The van der Waals surface area contributed by atoms with E-state index in [1.807, 2.05) is 0 Å². The first-order valence-corrected chi connectivity index (χ1v) is 4.44. The second-order valence-electron chi connectivity index (χ2n) is 3.58. The van der Waals surface area contributed by atoms with Crippen molar-refractivity contribution in [3.05, 3.63) is 0 Å². The highest BCUT2D eigenvalue weighted by Gasteiger charge is 1.94. The Balaban J connectivity index is 2.91. The van der Waals surface area contributed by atoms with Gasteiger partial charge in [0, 0.05) is 19.2 Å². The maximum Gasteiger partial charge on any atom is 0.0591 e. The van der Waals surface area contributed by atoms with Gasteiger partial charge in [0.2, 0.25) is 0 Å². The quantitative estimate of drug-likeness (QED) is 0.595. The monoisotopic (exact) mass is 159 g/mol. The van der Waals surface area contributed by atoms with Gasteiger partial charge in [-0.05, 0) is 5.92 Å². The number of hydrogen-bond donors (Lipinski definition) is 1. The standard InChI is InChI=1S/C9H21NO/c1-8(2)7-11-6-5-10-9(3)4/h8-10H,5-7H2,1-4H3. The van der Waals surface area contributed by atoms with Gasteiger partial charge in [0.1, 0.15) is 0 Å². The average molecular weight is 159 g/mol. The number of ether oxygens (including phenoxy) is 1. The van der Waals surface area contributed by atoms with E-state index in [1.54, 1.807) is 0 Å². The molecule has 0 radical (unpaired) electrons. The van der Waals surface area contributed by atoms with Gasteiger partial charge in [-0.2, -0.15) is 0 Å². The van der Waals surface area contributed by atoms with Crippen molar-refractivity contribution in [3.63, 3.8) is 0 Å². The summed E-state index contributed by atoms with van der Waals surface area (Å²) >= 11 is 0. The zero-order valence-corrected chi connectivity index (χ0v) is 8.18. The molecule has 11 heavy (non-hydrogen) atoms. The molecule has 0 aromatic carbocycles. The molecule has 0 fully saturated rings. The van der Waals surface area contributed by atoms with Gasteiger partial charge in [-0.1, -0.05) is 27.7 Å². The molecule has 0 heterocycles. The van der Waals surface area contributed by atoms with Crippen molar-refractivity contribution in [2.45, 2.75) is 33.7 Å². The predicted octanol–water partition coefficient (Wildman–Crippen LogP) is 1.66. The Bertz CT molecular complexity index is 71.6. The molecule has 0 amide bonds. The highest BCUT2D eigenvalue weighted by Crippen LogP contribution is 1.91. The van der Waals surface area contributed by atoms with Crippen LogP contribution in [-0.4, -0.2) is 25.8 Å². The van der Waals surface area contributed by atoms with Crippen LogP contribution in [0.3, 0.4) is 0 Å². The lowest BCUT2D eigenvalue weighted by molar-refractivity contribution is 0.110. The first kappa shape index (κ1) is 10.9. The molecule has 2 nitrogen and oxygen atoms in total. The summed E-state index contributed by atoms with van der Waals surface area (Å²) in [5.74, 6) is 0.647. The van der Waals surface area contributed by atoms with Gasteiger partial charge in [-0.3, -0.25) is 0 Å². The molecule has 2 heteroatoms. The van der Waals surface area contributed by atoms with E-state index >= 15 is 0 Å². The third-order valence-corrected chi connectivity index (χ3v) is 1.25. The number of rotatable bonds is 6. The van der Waals surface area contributed by atoms with Crippen molar-refractivity contribution < 1.29 is 4.74 Å². The van der Waals surface area contributed by atoms with Crippen LogP contribution in [0.25, 0.3) is 0 Å². The van der Waals surface area contributed by atoms with E-state index < -0.39 is 0 Å². The highest BCUT2D eigenvalue weighted by molar-refractivity contribution is 4.51. The number of nitrogens with one attached hydrogen (secondary N) is 1. The van der Waals surface area contributed by atoms with Gasteiger partial charge < -0.3 is 10.1 Å². The van der Waals surface area contributed by atoms with Crippen LogP contribution < -0.4 is 5.32 Å². The summed E-state index contributed by atoms with van der Waals surface area (Å²) in [4.78, 5) is 0. The minimum absolute atomic E-state index is 0.567. The number of hydrogen-bond acceptors (Lipinski definition) is 2. The highest BCUT2D eigenvalue weighted by atomic mass is 16.5. The summed E-state index contributed by atoms with van der Waals surface area (Å²) in [5, 5.41) is 3.29. The smallest absolute Gasteiger partial charge is 0.0591 e. The van der Waals surface area contributed by atoms with Crippen molar-refractivity contribution in [2.75, 3.05) is 19.8 Å². The van der Waals surface area contributed by atoms with E-state index in [2.05, 4.69) is 33.0 Å². The molecule has 0 bridgehead atoms. The Hall–Kier alpha value is -0.0800. The molecule has 0 aliphatic carbocycles. The molecule has 0 rings (SSSR count). The minimum atomic E-state index is 0.567.